The third-order valence-electron chi connectivity index (χ3n) is 4.01. The van der Waals surface area contributed by atoms with Gasteiger partial charge < -0.3 is 20.1 Å². The maximum atomic E-state index is 10.4. The van der Waals surface area contributed by atoms with Crippen molar-refractivity contribution in [2.45, 2.75) is 18.9 Å². The lowest BCUT2D eigenvalue weighted by atomic mass is 9.97. The summed E-state index contributed by atoms with van der Waals surface area (Å²) >= 11 is 0. The van der Waals surface area contributed by atoms with Crippen molar-refractivity contribution in [1.82, 2.24) is 10.2 Å². The molecule has 0 bridgehead atoms. The highest BCUT2D eigenvalue weighted by molar-refractivity contribution is 5.29. The Morgan fingerprint density at radius 1 is 1.50 bits per heavy atom. The second-order valence-corrected chi connectivity index (χ2v) is 5.62. The van der Waals surface area contributed by atoms with Crippen LogP contribution in [-0.2, 0) is 0 Å². The molecule has 0 aliphatic carbocycles. The molecule has 4 heteroatoms. The number of hydrogen-bond acceptors (Lipinski definition) is 4. The van der Waals surface area contributed by atoms with Crippen molar-refractivity contribution in [3.63, 3.8) is 0 Å². The van der Waals surface area contributed by atoms with Crippen molar-refractivity contribution in [2.75, 3.05) is 40.3 Å². The Labute approximate surface area is 121 Å². The number of rotatable bonds is 6. The molecule has 0 radical (unpaired) electrons. The van der Waals surface area contributed by atoms with Crippen molar-refractivity contribution in [3.8, 4) is 5.75 Å². The van der Waals surface area contributed by atoms with E-state index in [0.717, 1.165) is 30.9 Å². The molecule has 1 heterocycles. The van der Waals surface area contributed by atoms with E-state index in [4.69, 9.17) is 4.74 Å². The molecule has 1 aliphatic heterocycles. The SMILES string of the molecule is CNCC1CCCN(CC(O)c2cccc(OC)c2)C1. The molecule has 0 saturated carbocycles. The number of β-amino-alcohol motifs (C(OH)–C–C–N with tert-alkyl or cyclic N) is 1. The lowest BCUT2D eigenvalue weighted by Gasteiger charge is -2.34. The van der Waals surface area contributed by atoms with E-state index in [1.807, 2.05) is 31.3 Å². The van der Waals surface area contributed by atoms with Crippen LogP contribution < -0.4 is 10.1 Å². The average molecular weight is 278 g/mol. The number of methoxy groups -OCH3 is 1. The number of aliphatic hydroxyl groups excluding tert-OH is 1. The molecule has 2 rings (SSSR count). The molecule has 1 saturated heterocycles. The van der Waals surface area contributed by atoms with E-state index in [1.165, 1.54) is 12.8 Å². The highest BCUT2D eigenvalue weighted by Gasteiger charge is 2.21. The molecule has 1 aromatic carbocycles. The molecule has 2 atom stereocenters. The molecule has 4 nitrogen and oxygen atoms in total. The van der Waals surface area contributed by atoms with Crippen LogP contribution in [0.5, 0.6) is 5.75 Å². The zero-order chi connectivity index (χ0) is 14.4. The predicted octanol–water partition coefficient (Wildman–Crippen LogP) is 1.66. The predicted molar refractivity (Wildman–Crippen MR) is 81.0 cm³/mol. The molecular weight excluding hydrogens is 252 g/mol. The molecule has 1 aromatic rings. The zero-order valence-corrected chi connectivity index (χ0v) is 12.5. The first kappa shape index (κ1) is 15.3. The fourth-order valence-corrected chi connectivity index (χ4v) is 2.97. The number of likely N-dealkylation sites (tertiary alicyclic amines) is 1. The molecule has 112 valence electrons. The fourth-order valence-electron chi connectivity index (χ4n) is 2.97. The summed E-state index contributed by atoms with van der Waals surface area (Å²) in [6.45, 7) is 3.92. The standard InChI is InChI=1S/C16H26N2O2/c1-17-10-13-5-4-8-18(11-13)12-16(19)14-6-3-7-15(9-14)20-2/h3,6-7,9,13,16-17,19H,4-5,8,10-12H2,1-2H3. The summed E-state index contributed by atoms with van der Waals surface area (Å²) in [6, 6.07) is 7.71. The normalized spacial score (nSPS) is 21.6. The molecule has 2 N–H and O–H groups in total. The number of nitrogens with zero attached hydrogens (tertiary/aromatic N) is 1. The van der Waals surface area contributed by atoms with Gasteiger partial charge in [0.05, 0.1) is 13.2 Å². The first-order chi connectivity index (χ1) is 9.72. The topological polar surface area (TPSA) is 44.7 Å². The van der Waals surface area contributed by atoms with Crippen LogP contribution in [0, 0.1) is 5.92 Å². The minimum atomic E-state index is -0.446. The lowest BCUT2D eigenvalue weighted by molar-refractivity contribution is 0.0844. The summed E-state index contributed by atoms with van der Waals surface area (Å²) in [5.41, 5.74) is 0.931. The first-order valence-electron chi connectivity index (χ1n) is 7.42. The Bertz CT molecular complexity index is 409. The fraction of sp³-hybridized carbons (Fsp3) is 0.625. The number of piperidine rings is 1. The van der Waals surface area contributed by atoms with Crippen LogP contribution in [0.1, 0.15) is 24.5 Å². The Morgan fingerprint density at radius 2 is 2.35 bits per heavy atom. The Morgan fingerprint density at radius 3 is 3.10 bits per heavy atom. The van der Waals surface area contributed by atoms with Gasteiger partial charge in [-0.2, -0.15) is 0 Å². The van der Waals surface area contributed by atoms with Gasteiger partial charge in [-0.25, -0.2) is 0 Å². The van der Waals surface area contributed by atoms with Gasteiger partial charge in [0, 0.05) is 13.1 Å². The van der Waals surface area contributed by atoms with Gasteiger partial charge in [0.2, 0.25) is 0 Å². The summed E-state index contributed by atoms with van der Waals surface area (Å²) in [4.78, 5) is 2.37. The molecule has 1 aliphatic rings. The van der Waals surface area contributed by atoms with Gasteiger partial charge in [-0.05, 0) is 56.6 Å². The summed E-state index contributed by atoms with van der Waals surface area (Å²) in [5, 5.41) is 13.6. The van der Waals surface area contributed by atoms with E-state index >= 15 is 0 Å². The van der Waals surface area contributed by atoms with Gasteiger partial charge in [0.15, 0.2) is 0 Å². The van der Waals surface area contributed by atoms with Gasteiger partial charge in [0.1, 0.15) is 5.75 Å². The maximum absolute atomic E-state index is 10.4. The van der Waals surface area contributed by atoms with Crippen molar-refractivity contribution < 1.29 is 9.84 Å². The van der Waals surface area contributed by atoms with Gasteiger partial charge >= 0.3 is 0 Å². The molecule has 20 heavy (non-hydrogen) atoms. The van der Waals surface area contributed by atoms with Crippen LogP contribution in [0.3, 0.4) is 0 Å². The molecule has 0 amide bonds. The van der Waals surface area contributed by atoms with Crippen molar-refractivity contribution >= 4 is 0 Å². The second kappa shape index (κ2) is 7.62. The first-order valence-corrected chi connectivity index (χ1v) is 7.42. The molecule has 0 spiro atoms. The number of aliphatic hydroxyl groups is 1. The number of hydrogen-bond donors (Lipinski definition) is 2. The number of ether oxygens (including phenoxy) is 1. The van der Waals surface area contributed by atoms with Crippen LogP contribution >= 0.6 is 0 Å². The van der Waals surface area contributed by atoms with Crippen molar-refractivity contribution in [2.24, 2.45) is 5.92 Å². The minimum absolute atomic E-state index is 0.446. The second-order valence-electron chi connectivity index (χ2n) is 5.62. The summed E-state index contributed by atoms with van der Waals surface area (Å²) in [7, 11) is 3.66. The molecule has 1 fully saturated rings. The lowest BCUT2D eigenvalue weighted by Crippen LogP contribution is -2.40. The van der Waals surface area contributed by atoms with Crippen LogP contribution in [-0.4, -0.2) is 50.3 Å². The summed E-state index contributed by atoms with van der Waals surface area (Å²) in [6.07, 6.45) is 2.06. The summed E-state index contributed by atoms with van der Waals surface area (Å²) in [5.74, 6) is 1.50. The quantitative estimate of drug-likeness (QED) is 0.831. The largest absolute Gasteiger partial charge is 0.497 e. The monoisotopic (exact) mass is 278 g/mol. The number of benzene rings is 1. The van der Waals surface area contributed by atoms with E-state index in [-0.39, 0.29) is 0 Å². The third-order valence-corrected chi connectivity index (χ3v) is 4.01. The van der Waals surface area contributed by atoms with E-state index in [2.05, 4.69) is 10.2 Å². The Kier molecular flexibility index (Phi) is 5.83. The van der Waals surface area contributed by atoms with E-state index in [0.29, 0.717) is 12.5 Å². The molecule has 2 unspecified atom stereocenters. The van der Waals surface area contributed by atoms with Crippen LogP contribution in [0.4, 0.5) is 0 Å². The highest BCUT2D eigenvalue weighted by Crippen LogP contribution is 2.22. The van der Waals surface area contributed by atoms with E-state index in [9.17, 15) is 5.11 Å². The van der Waals surface area contributed by atoms with E-state index < -0.39 is 6.10 Å². The van der Waals surface area contributed by atoms with E-state index in [1.54, 1.807) is 7.11 Å². The average Bonchev–Trinajstić information content (AvgIpc) is 2.48. The highest BCUT2D eigenvalue weighted by atomic mass is 16.5. The Balaban J connectivity index is 1.91. The number of nitrogens with one attached hydrogen (secondary N) is 1. The van der Waals surface area contributed by atoms with Crippen LogP contribution in [0.15, 0.2) is 24.3 Å². The van der Waals surface area contributed by atoms with Crippen molar-refractivity contribution in [1.29, 1.82) is 0 Å². The van der Waals surface area contributed by atoms with Crippen LogP contribution in [0.2, 0.25) is 0 Å². The minimum Gasteiger partial charge on any atom is -0.497 e. The van der Waals surface area contributed by atoms with Gasteiger partial charge in [-0.1, -0.05) is 12.1 Å². The molecular formula is C16H26N2O2. The smallest absolute Gasteiger partial charge is 0.119 e. The molecule has 0 aromatic heterocycles. The van der Waals surface area contributed by atoms with Gasteiger partial charge in [-0.15, -0.1) is 0 Å². The Hall–Kier alpha value is -1.10. The maximum Gasteiger partial charge on any atom is 0.119 e. The van der Waals surface area contributed by atoms with Crippen LogP contribution in [0.25, 0.3) is 0 Å². The van der Waals surface area contributed by atoms with Gasteiger partial charge in [0.25, 0.3) is 0 Å². The summed E-state index contributed by atoms with van der Waals surface area (Å²) < 4.78 is 5.21. The third kappa shape index (κ3) is 4.20. The zero-order valence-electron chi connectivity index (χ0n) is 12.5. The van der Waals surface area contributed by atoms with Crippen molar-refractivity contribution in [3.05, 3.63) is 29.8 Å². The van der Waals surface area contributed by atoms with Gasteiger partial charge in [-0.3, -0.25) is 0 Å².